The first-order chi connectivity index (χ1) is 12.1. The molecule has 2 rings (SSSR count). The number of carbonyl (C=O) groups excluding carboxylic acids is 2. The molecule has 5 nitrogen and oxygen atoms in total. The van der Waals surface area contributed by atoms with E-state index in [1.807, 2.05) is 0 Å². The molecule has 0 spiro atoms. The van der Waals surface area contributed by atoms with Crippen LogP contribution in [0.5, 0.6) is 0 Å². The number of hydrogen-bond donors (Lipinski definition) is 1. The molecule has 0 atom stereocenters. The molecule has 0 aliphatic heterocycles. The zero-order valence-electron chi connectivity index (χ0n) is 14.3. The van der Waals surface area contributed by atoms with Crippen LogP contribution in [0.15, 0.2) is 36.5 Å². The summed E-state index contributed by atoms with van der Waals surface area (Å²) >= 11 is 0. The number of alkyl halides is 3. The van der Waals surface area contributed by atoms with E-state index in [2.05, 4.69) is 4.98 Å². The predicted octanol–water partition coefficient (Wildman–Crippen LogP) is 3.45. The second-order valence-electron chi connectivity index (χ2n) is 5.75. The molecule has 2 aromatic rings. The summed E-state index contributed by atoms with van der Waals surface area (Å²) in [5.74, 6) is -0.872. The fourth-order valence-corrected chi connectivity index (χ4v) is 2.46. The van der Waals surface area contributed by atoms with Crippen molar-refractivity contribution in [3.05, 3.63) is 58.8 Å². The lowest BCUT2D eigenvalue weighted by molar-refractivity contribution is -0.138. The first-order valence-corrected chi connectivity index (χ1v) is 7.86. The second-order valence-corrected chi connectivity index (χ2v) is 5.75. The summed E-state index contributed by atoms with van der Waals surface area (Å²) in [5, 5.41) is 0. The van der Waals surface area contributed by atoms with Crippen molar-refractivity contribution in [1.82, 2.24) is 4.98 Å². The van der Waals surface area contributed by atoms with Crippen LogP contribution in [0, 0.1) is 6.92 Å². The Bertz CT molecular complexity index is 835. The van der Waals surface area contributed by atoms with Crippen LogP contribution >= 0.6 is 0 Å². The average molecular weight is 365 g/mol. The fraction of sp³-hybridized carbons (Fsp3) is 0.278. The molecule has 0 aliphatic rings. The summed E-state index contributed by atoms with van der Waals surface area (Å²) < 4.78 is 39.3. The maximum atomic E-state index is 13.1. The van der Waals surface area contributed by atoms with E-state index in [1.165, 1.54) is 42.3 Å². The van der Waals surface area contributed by atoms with Crippen LogP contribution in [0.25, 0.3) is 0 Å². The van der Waals surface area contributed by atoms with E-state index >= 15 is 0 Å². The number of anilines is 1. The molecule has 1 aromatic heterocycles. The van der Waals surface area contributed by atoms with Gasteiger partial charge >= 0.3 is 6.18 Å². The number of aryl methyl sites for hydroxylation is 1. The van der Waals surface area contributed by atoms with Gasteiger partial charge in [0, 0.05) is 18.2 Å². The van der Waals surface area contributed by atoms with E-state index < -0.39 is 17.6 Å². The Kier molecular flexibility index (Phi) is 5.64. The molecule has 0 saturated heterocycles. The second kappa shape index (κ2) is 7.55. The van der Waals surface area contributed by atoms with Crippen LogP contribution in [-0.4, -0.2) is 16.8 Å². The first kappa shape index (κ1) is 19.4. The Balaban J connectivity index is 2.43. The van der Waals surface area contributed by atoms with Crippen molar-refractivity contribution in [2.45, 2.75) is 33.0 Å². The highest BCUT2D eigenvalue weighted by atomic mass is 19.4. The molecule has 2 N–H and O–H groups in total. The highest BCUT2D eigenvalue weighted by Gasteiger charge is 2.32. The number of aromatic nitrogens is 1. The van der Waals surface area contributed by atoms with Crippen molar-refractivity contribution in [2.75, 3.05) is 4.90 Å². The van der Waals surface area contributed by atoms with Gasteiger partial charge in [-0.25, -0.2) is 4.98 Å². The Hall–Kier alpha value is -2.90. The van der Waals surface area contributed by atoms with Crippen LogP contribution < -0.4 is 10.6 Å². The Labute approximate surface area is 148 Å². The highest BCUT2D eigenvalue weighted by molar-refractivity contribution is 5.96. The molecule has 26 heavy (non-hydrogen) atoms. The van der Waals surface area contributed by atoms with Gasteiger partial charge in [-0.15, -0.1) is 0 Å². The molecule has 1 aromatic carbocycles. The van der Waals surface area contributed by atoms with E-state index in [0.717, 1.165) is 6.07 Å². The van der Waals surface area contributed by atoms with E-state index in [4.69, 9.17) is 5.73 Å². The average Bonchev–Trinajstić information content (AvgIpc) is 2.59. The monoisotopic (exact) mass is 365 g/mol. The van der Waals surface area contributed by atoms with Crippen LogP contribution in [0.4, 0.5) is 19.0 Å². The molecular weight excluding hydrogens is 347 g/mol. The van der Waals surface area contributed by atoms with Crippen LogP contribution in [0.1, 0.15) is 40.4 Å². The number of amides is 2. The predicted molar refractivity (Wildman–Crippen MR) is 90.4 cm³/mol. The summed E-state index contributed by atoms with van der Waals surface area (Å²) in [6, 6.07) is 6.64. The molecule has 138 valence electrons. The Morgan fingerprint density at radius 3 is 2.46 bits per heavy atom. The van der Waals surface area contributed by atoms with Gasteiger partial charge in [-0.2, -0.15) is 13.2 Å². The third-order valence-electron chi connectivity index (χ3n) is 3.86. The van der Waals surface area contributed by atoms with Crippen LogP contribution in [-0.2, 0) is 17.5 Å². The third-order valence-corrected chi connectivity index (χ3v) is 3.86. The number of benzene rings is 1. The first-order valence-electron chi connectivity index (χ1n) is 7.86. The summed E-state index contributed by atoms with van der Waals surface area (Å²) in [7, 11) is 0. The summed E-state index contributed by atoms with van der Waals surface area (Å²) in [4.78, 5) is 28.9. The van der Waals surface area contributed by atoms with E-state index in [1.54, 1.807) is 6.92 Å². The summed E-state index contributed by atoms with van der Waals surface area (Å²) in [5.41, 5.74) is 5.04. The summed E-state index contributed by atoms with van der Waals surface area (Å²) in [6.07, 6.45) is -3.04. The zero-order chi connectivity index (χ0) is 19.5. The minimum absolute atomic E-state index is 0.100. The van der Waals surface area contributed by atoms with Gasteiger partial charge in [-0.05, 0) is 36.2 Å². The van der Waals surface area contributed by atoms with Crippen LogP contribution in [0.2, 0.25) is 0 Å². The van der Waals surface area contributed by atoms with E-state index in [9.17, 15) is 22.8 Å². The van der Waals surface area contributed by atoms with E-state index in [0.29, 0.717) is 5.56 Å². The maximum absolute atomic E-state index is 13.1. The fourth-order valence-electron chi connectivity index (χ4n) is 2.46. The van der Waals surface area contributed by atoms with Crippen molar-refractivity contribution in [1.29, 1.82) is 0 Å². The van der Waals surface area contributed by atoms with Crippen molar-refractivity contribution in [3.63, 3.8) is 0 Å². The minimum Gasteiger partial charge on any atom is -0.366 e. The van der Waals surface area contributed by atoms with Gasteiger partial charge in [0.1, 0.15) is 5.82 Å². The van der Waals surface area contributed by atoms with Crippen molar-refractivity contribution < 1.29 is 22.8 Å². The molecule has 1 heterocycles. The third kappa shape index (κ3) is 4.38. The number of pyridine rings is 1. The largest absolute Gasteiger partial charge is 0.416 e. The van der Waals surface area contributed by atoms with Gasteiger partial charge in [0.15, 0.2) is 0 Å². The molecule has 0 saturated carbocycles. The molecule has 0 bridgehead atoms. The number of nitrogens with zero attached hydrogens (tertiary/aromatic N) is 2. The van der Waals surface area contributed by atoms with E-state index in [-0.39, 0.29) is 35.8 Å². The quantitative estimate of drug-likeness (QED) is 0.882. The molecule has 0 aliphatic carbocycles. The number of rotatable bonds is 5. The Morgan fingerprint density at radius 2 is 1.88 bits per heavy atom. The minimum atomic E-state index is -4.48. The molecule has 0 fully saturated rings. The van der Waals surface area contributed by atoms with Gasteiger partial charge in [-0.3, -0.25) is 14.5 Å². The SMILES string of the molecule is CCC(=O)N(Cc1ccc(C)c(C(F)(F)F)c1)c1cc(C(N)=O)ccn1. The van der Waals surface area contributed by atoms with Crippen molar-refractivity contribution in [3.8, 4) is 0 Å². The number of carbonyl (C=O) groups is 2. The van der Waals surface area contributed by atoms with Gasteiger partial charge < -0.3 is 5.73 Å². The number of halogens is 3. The number of hydrogen-bond acceptors (Lipinski definition) is 3. The molecule has 8 heteroatoms. The lowest BCUT2D eigenvalue weighted by Crippen LogP contribution is -2.31. The van der Waals surface area contributed by atoms with Gasteiger partial charge in [-0.1, -0.05) is 19.1 Å². The molecule has 0 unspecified atom stereocenters. The standard InChI is InChI=1S/C18H18F3N3O2/c1-3-16(25)24(15-9-13(17(22)26)6-7-23-15)10-12-5-4-11(2)14(8-12)18(19,20)21/h4-9H,3,10H2,1-2H3,(H2,22,26). The van der Waals surface area contributed by atoms with Gasteiger partial charge in [0.2, 0.25) is 11.8 Å². The molecule has 0 radical (unpaired) electrons. The van der Waals surface area contributed by atoms with Gasteiger partial charge in [0.05, 0.1) is 12.1 Å². The summed E-state index contributed by atoms with van der Waals surface area (Å²) in [6.45, 7) is 2.90. The topological polar surface area (TPSA) is 76.3 Å². The normalized spacial score (nSPS) is 11.3. The van der Waals surface area contributed by atoms with Crippen molar-refractivity contribution in [2.24, 2.45) is 5.73 Å². The highest BCUT2D eigenvalue weighted by Crippen LogP contribution is 2.32. The zero-order valence-corrected chi connectivity index (χ0v) is 14.3. The number of primary amides is 1. The lowest BCUT2D eigenvalue weighted by atomic mass is 10.0. The smallest absolute Gasteiger partial charge is 0.366 e. The maximum Gasteiger partial charge on any atom is 0.416 e. The van der Waals surface area contributed by atoms with Gasteiger partial charge in [0.25, 0.3) is 0 Å². The van der Waals surface area contributed by atoms with Crippen LogP contribution in [0.3, 0.4) is 0 Å². The van der Waals surface area contributed by atoms with Crippen molar-refractivity contribution >= 4 is 17.6 Å². The Morgan fingerprint density at radius 1 is 1.19 bits per heavy atom. The molecular formula is C18H18F3N3O2. The molecule has 2 amide bonds. The lowest BCUT2D eigenvalue weighted by Gasteiger charge is -2.22. The number of nitrogens with two attached hydrogens (primary N) is 1.